The molecule has 2 aliphatic heterocycles. The van der Waals surface area contributed by atoms with Crippen molar-refractivity contribution < 1.29 is 61.6 Å². The van der Waals surface area contributed by atoms with E-state index in [0.29, 0.717) is 65.9 Å². The Labute approximate surface area is 486 Å². The van der Waals surface area contributed by atoms with Crippen LogP contribution in [0.15, 0.2) is 115 Å². The maximum atomic E-state index is 16.3. The van der Waals surface area contributed by atoms with Crippen molar-refractivity contribution in [2.24, 2.45) is 11.8 Å². The molecule has 0 radical (unpaired) electrons. The van der Waals surface area contributed by atoms with Crippen LogP contribution in [0.4, 0.5) is 26.7 Å². The Hall–Kier alpha value is -7.55. The van der Waals surface area contributed by atoms with Gasteiger partial charge in [-0.25, -0.2) is 26.7 Å². The van der Waals surface area contributed by atoms with Gasteiger partial charge in [0.05, 0.1) is 22.3 Å². The molecule has 14 nitrogen and oxygen atoms in total. The number of hydrogen-bond donors (Lipinski definition) is 7. The number of carbonyl (C=O) groups is 4. The molecule has 7 N–H and O–H groups in total. The predicted octanol–water partition coefficient (Wildman–Crippen LogP) is 9.93. The molecular formula is C65H73F5N6O8. The van der Waals surface area contributed by atoms with Gasteiger partial charge in [0.25, 0.3) is 17.7 Å². The van der Waals surface area contributed by atoms with E-state index in [0.717, 1.165) is 11.6 Å². The standard InChI is InChI=1S/C65H73F5N6O8/c1-40-12-5-13-44(32-40)57-50(16-6-18-53(57)67)65(84,46-15-9-30-75(39-46)61(79)48-24-22-43(37-72-4)35-56(48)70)27-11-31-76(63(81)82)62(80)59(77)73-28-10-26-64(83,51-17-7-19-54(68)58(51)49-33-41(2)20-25-52(49)66)45-14-8-29-74(38-45)60(78)47-23-21-42(36-71-3)34-55(47)69/h5-7,12-13,16-25,32-35,45-46,62,71-72,80,83-84H,8-11,14-15,26-31,36-39H2,1-4H3,(H,73,77)(H,81,82). The summed E-state index contributed by atoms with van der Waals surface area (Å²) in [6.07, 6.45) is -3.34. The van der Waals surface area contributed by atoms with E-state index < -0.39 is 88.7 Å². The topological polar surface area (TPSA) is 195 Å². The Bertz CT molecular complexity index is 3370. The average molecular weight is 1160 g/mol. The first kappa shape index (κ1) is 62.5. The summed E-state index contributed by atoms with van der Waals surface area (Å²) in [5, 5.41) is 56.7. The van der Waals surface area contributed by atoms with Crippen molar-refractivity contribution in [1.29, 1.82) is 0 Å². The molecule has 2 heterocycles. The second-order valence-corrected chi connectivity index (χ2v) is 22.2. The monoisotopic (exact) mass is 1160 g/mol. The lowest BCUT2D eigenvalue weighted by Gasteiger charge is -2.44. The second-order valence-electron chi connectivity index (χ2n) is 22.2. The largest absolute Gasteiger partial charge is 0.465 e. The molecule has 84 heavy (non-hydrogen) atoms. The molecule has 8 rings (SSSR count). The maximum absolute atomic E-state index is 16.3. The summed E-state index contributed by atoms with van der Waals surface area (Å²) < 4.78 is 79.2. The van der Waals surface area contributed by atoms with Gasteiger partial charge in [0.1, 0.15) is 29.1 Å². The van der Waals surface area contributed by atoms with Gasteiger partial charge >= 0.3 is 6.09 Å². The quantitative estimate of drug-likeness (QED) is 0.0195. The highest BCUT2D eigenvalue weighted by molar-refractivity contribution is 5.95. The van der Waals surface area contributed by atoms with E-state index in [9.17, 15) is 39.6 Å². The van der Waals surface area contributed by atoms with E-state index in [2.05, 4.69) is 16.0 Å². The number of amides is 4. The lowest BCUT2D eigenvalue weighted by atomic mass is 9.72. The van der Waals surface area contributed by atoms with Crippen molar-refractivity contribution in [2.75, 3.05) is 53.4 Å². The van der Waals surface area contributed by atoms with Gasteiger partial charge in [-0.05, 0) is 156 Å². The third kappa shape index (κ3) is 13.8. The van der Waals surface area contributed by atoms with Crippen LogP contribution < -0.4 is 16.0 Å². The number of aryl methyl sites for hydroxylation is 2. The van der Waals surface area contributed by atoms with Crippen LogP contribution >= 0.6 is 0 Å². The molecule has 2 saturated heterocycles. The molecule has 0 spiro atoms. The minimum atomic E-state index is -2.30. The normalized spacial score (nSPS) is 17.2. The van der Waals surface area contributed by atoms with E-state index in [-0.39, 0.29) is 97.4 Å². The van der Waals surface area contributed by atoms with Gasteiger partial charge in [0, 0.05) is 80.9 Å². The third-order valence-corrected chi connectivity index (χ3v) is 16.5. The highest BCUT2D eigenvalue weighted by Gasteiger charge is 2.46. The van der Waals surface area contributed by atoms with Crippen LogP contribution in [-0.2, 0) is 29.1 Å². The van der Waals surface area contributed by atoms with Crippen LogP contribution in [0.1, 0.15) is 105 Å². The van der Waals surface area contributed by atoms with Crippen LogP contribution in [0.2, 0.25) is 0 Å². The number of carboxylic acid groups (broad SMARTS) is 1. The van der Waals surface area contributed by atoms with Crippen molar-refractivity contribution in [3.63, 3.8) is 0 Å². The summed E-state index contributed by atoms with van der Waals surface area (Å²) in [5.74, 6) is -7.67. The first-order chi connectivity index (χ1) is 40.2. The third-order valence-electron chi connectivity index (χ3n) is 16.5. The molecule has 4 amide bonds. The zero-order valence-electron chi connectivity index (χ0n) is 47.7. The van der Waals surface area contributed by atoms with Crippen LogP contribution in [0.5, 0.6) is 0 Å². The minimum Gasteiger partial charge on any atom is -0.465 e. The van der Waals surface area contributed by atoms with E-state index >= 15 is 22.0 Å². The number of aliphatic hydroxyl groups is 3. The van der Waals surface area contributed by atoms with Crippen molar-refractivity contribution in [3.8, 4) is 22.3 Å². The van der Waals surface area contributed by atoms with Crippen molar-refractivity contribution in [3.05, 3.63) is 189 Å². The van der Waals surface area contributed by atoms with Crippen molar-refractivity contribution >= 4 is 23.8 Å². The summed E-state index contributed by atoms with van der Waals surface area (Å²) in [7, 11) is 3.42. The summed E-state index contributed by atoms with van der Waals surface area (Å²) in [6, 6.07) is 28.1. The number of likely N-dealkylation sites (tertiary alicyclic amines) is 2. The minimum absolute atomic E-state index is 0.0120. The van der Waals surface area contributed by atoms with Crippen LogP contribution in [-0.4, -0.2) is 119 Å². The molecule has 2 aliphatic rings. The lowest BCUT2D eigenvalue weighted by molar-refractivity contribution is -0.138. The fourth-order valence-electron chi connectivity index (χ4n) is 12.3. The number of carbonyl (C=O) groups excluding carboxylic acids is 3. The summed E-state index contributed by atoms with van der Waals surface area (Å²) in [6.45, 7) is 3.76. The highest BCUT2D eigenvalue weighted by atomic mass is 19.1. The number of piperidine rings is 2. The molecule has 5 atom stereocenters. The molecule has 2 fully saturated rings. The Morgan fingerprint density at radius 1 is 0.619 bits per heavy atom. The van der Waals surface area contributed by atoms with Crippen LogP contribution in [0.3, 0.4) is 0 Å². The van der Waals surface area contributed by atoms with Gasteiger partial charge in [0.2, 0.25) is 6.23 Å². The smallest absolute Gasteiger partial charge is 0.409 e. The van der Waals surface area contributed by atoms with E-state index in [1.54, 1.807) is 57.4 Å². The number of benzene rings is 6. The van der Waals surface area contributed by atoms with Gasteiger partial charge in [-0.1, -0.05) is 77.9 Å². The second kappa shape index (κ2) is 27.4. The van der Waals surface area contributed by atoms with E-state index in [1.165, 1.54) is 76.5 Å². The number of nitrogens with one attached hydrogen (secondary N) is 3. The average Bonchev–Trinajstić information content (AvgIpc) is 2.02. The fraction of sp³-hybridized carbons (Fsp3) is 0.385. The number of aliphatic hydroxyl groups excluding tert-OH is 1. The van der Waals surface area contributed by atoms with Gasteiger partial charge in [-0.15, -0.1) is 0 Å². The van der Waals surface area contributed by atoms with E-state index in [4.69, 9.17) is 0 Å². The molecule has 19 heteroatoms. The maximum Gasteiger partial charge on any atom is 0.409 e. The zero-order chi connectivity index (χ0) is 60.5. The molecule has 5 unspecified atom stereocenters. The lowest BCUT2D eigenvalue weighted by Crippen LogP contribution is -2.51. The molecule has 0 aromatic heterocycles. The highest BCUT2D eigenvalue weighted by Crippen LogP contribution is 2.47. The Balaban J connectivity index is 1.01. The van der Waals surface area contributed by atoms with Gasteiger partial charge in [-0.2, -0.15) is 0 Å². The van der Waals surface area contributed by atoms with Gasteiger partial charge < -0.3 is 46.2 Å². The van der Waals surface area contributed by atoms with E-state index in [1.807, 2.05) is 13.0 Å². The summed E-state index contributed by atoms with van der Waals surface area (Å²) >= 11 is 0. The molecule has 6 aromatic carbocycles. The Morgan fingerprint density at radius 3 is 1.65 bits per heavy atom. The first-order valence-corrected chi connectivity index (χ1v) is 28.4. The Morgan fingerprint density at radius 2 is 1.13 bits per heavy atom. The summed E-state index contributed by atoms with van der Waals surface area (Å²) in [4.78, 5) is 58.1. The number of hydrogen-bond acceptors (Lipinski definition) is 9. The summed E-state index contributed by atoms with van der Waals surface area (Å²) in [5.41, 5.74) is -1.25. The molecule has 0 aliphatic carbocycles. The van der Waals surface area contributed by atoms with Gasteiger partial charge in [0.15, 0.2) is 0 Å². The molecule has 0 saturated carbocycles. The first-order valence-electron chi connectivity index (χ1n) is 28.4. The van der Waals surface area contributed by atoms with Crippen LogP contribution in [0.25, 0.3) is 22.3 Å². The number of nitrogens with zero attached hydrogens (tertiary/aromatic N) is 3. The SMILES string of the molecule is CNCc1ccc(C(=O)N2CCCC(C(O)(CCCN(C(=O)O)C(O)C(=O)NCCCC(O)(c3cccc(F)c3-c3cc(C)ccc3F)C3CCCN(C(=O)c4ccc(CNC)cc4F)C3)c3cccc(F)c3-c3cccc(C)c3)C2)c(F)c1. The van der Waals surface area contributed by atoms with Gasteiger partial charge in [-0.3, -0.25) is 19.3 Å². The number of halogens is 5. The molecule has 0 bridgehead atoms. The Kier molecular flexibility index (Phi) is 20.4. The molecular weight excluding hydrogens is 1090 g/mol. The number of rotatable bonds is 22. The van der Waals surface area contributed by atoms with Crippen molar-refractivity contribution in [1.82, 2.24) is 30.7 Å². The molecule has 6 aromatic rings. The van der Waals surface area contributed by atoms with Crippen molar-refractivity contribution in [2.45, 2.75) is 95.7 Å². The van der Waals surface area contributed by atoms with Crippen LogP contribution in [0, 0.1) is 54.8 Å². The fourth-order valence-corrected chi connectivity index (χ4v) is 12.3. The molecule has 446 valence electrons. The zero-order valence-corrected chi connectivity index (χ0v) is 47.7. The predicted molar refractivity (Wildman–Crippen MR) is 309 cm³/mol.